The zero-order chi connectivity index (χ0) is 25.9. The molecule has 0 saturated carbocycles. The highest BCUT2D eigenvalue weighted by Gasteiger charge is 2.31. The second kappa shape index (κ2) is 10.3. The number of carbonyl (C=O) groups excluding carboxylic acids is 1. The van der Waals surface area contributed by atoms with Crippen LogP contribution in [0.2, 0.25) is 0 Å². The first kappa shape index (κ1) is 25.1. The molecule has 0 spiro atoms. The van der Waals surface area contributed by atoms with Crippen LogP contribution in [0.4, 0.5) is 13.2 Å². The van der Waals surface area contributed by atoms with Gasteiger partial charge >= 0.3 is 12.1 Å². The summed E-state index contributed by atoms with van der Waals surface area (Å²) in [4.78, 5) is 29.2. The molecule has 4 aromatic rings. The number of hydrogen-bond acceptors (Lipinski definition) is 6. The van der Waals surface area contributed by atoms with Gasteiger partial charge in [0.25, 0.3) is 5.56 Å². The fourth-order valence-electron chi connectivity index (χ4n) is 3.32. The lowest BCUT2D eigenvalue weighted by molar-refractivity contribution is -0.143. The monoisotopic (exact) mass is 559 g/mol. The Hall–Kier alpha value is -3.99. The van der Waals surface area contributed by atoms with Gasteiger partial charge in [-0.3, -0.25) is 4.79 Å². The summed E-state index contributed by atoms with van der Waals surface area (Å²) >= 11 is 3.34. The number of para-hydroxylation sites is 1. The van der Waals surface area contributed by atoms with Crippen LogP contribution in [0, 0.1) is 0 Å². The molecule has 0 aliphatic carbocycles. The number of alkyl halides is 3. The van der Waals surface area contributed by atoms with E-state index in [4.69, 9.17) is 4.74 Å². The first-order chi connectivity index (χ1) is 17.2. The third-order valence-electron chi connectivity index (χ3n) is 5.06. The molecule has 0 radical (unpaired) electrons. The van der Waals surface area contributed by atoms with Gasteiger partial charge in [0, 0.05) is 15.6 Å². The van der Waals surface area contributed by atoms with E-state index in [0.29, 0.717) is 15.6 Å². The van der Waals surface area contributed by atoms with Crippen LogP contribution in [0.25, 0.3) is 22.3 Å². The Morgan fingerprint density at radius 1 is 1.11 bits per heavy atom. The third kappa shape index (κ3) is 5.46. The minimum Gasteiger partial charge on any atom is -0.481 e. The number of esters is 1. The number of halogens is 4. The molecule has 0 aliphatic heterocycles. The highest BCUT2D eigenvalue weighted by molar-refractivity contribution is 9.10. The molecule has 0 amide bonds. The van der Waals surface area contributed by atoms with Gasteiger partial charge in [0.1, 0.15) is 5.75 Å². The van der Waals surface area contributed by atoms with Crippen LogP contribution in [0.1, 0.15) is 11.1 Å². The standard InChI is InChI=1S/C25H17BrF3N3O4/c1-35-22(33)14-36-21-10-9-18(26)12-16(21)13-30-32-23(15-5-4-6-17(11-15)25(27,28)29)31-20-8-3-2-7-19(20)24(32)34/h2-13H,14H2,1H3. The Morgan fingerprint density at radius 3 is 2.64 bits per heavy atom. The molecular formula is C25H17BrF3N3O4. The van der Waals surface area contributed by atoms with E-state index in [1.807, 2.05) is 0 Å². The lowest BCUT2D eigenvalue weighted by Gasteiger charge is -2.12. The second-order valence-electron chi connectivity index (χ2n) is 7.44. The van der Waals surface area contributed by atoms with Crippen LogP contribution in [0.15, 0.2) is 81.1 Å². The van der Waals surface area contributed by atoms with Crippen molar-refractivity contribution in [2.24, 2.45) is 5.10 Å². The van der Waals surface area contributed by atoms with Crippen molar-refractivity contribution in [2.45, 2.75) is 6.18 Å². The molecule has 0 fully saturated rings. The van der Waals surface area contributed by atoms with Gasteiger partial charge in [-0.25, -0.2) is 9.78 Å². The topological polar surface area (TPSA) is 82.8 Å². The van der Waals surface area contributed by atoms with Crippen LogP contribution in [-0.2, 0) is 15.7 Å². The van der Waals surface area contributed by atoms with Crippen molar-refractivity contribution >= 4 is 39.0 Å². The summed E-state index contributed by atoms with van der Waals surface area (Å²) in [5.74, 6) is -0.398. The molecule has 4 rings (SSSR count). The number of methoxy groups -OCH3 is 1. The Labute approximate surface area is 210 Å². The van der Waals surface area contributed by atoms with Gasteiger partial charge in [0.2, 0.25) is 0 Å². The van der Waals surface area contributed by atoms with Crippen LogP contribution in [0.5, 0.6) is 5.75 Å². The van der Waals surface area contributed by atoms with E-state index in [9.17, 15) is 22.8 Å². The van der Waals surface area contributed by atoms with Crippen molar-refractivity contribution < 1.29 is 27.4 Å². The smallest absolute Gasteiger partial charge is 0.416 e. The maximum atomic E-state index is 13.4. The van der Waals surface area contributed by atoms with Gasteiger partial charge in [-0.05, 0) is 42.5 Å². The van der Waals surface area contributed by atoms with Crippen LogP contribution >= 0.6 is 15.9 Å². The molecule has 11 heteroatoms. The molecule has 36 heavy (non-hydrogen) atoms. The number of aromatic nitrogens is 2. The van der Waals surface area contributed by atoms with Crippen LogP contribution < -0.4 is 10.3 Å². The molecule has 0 unspecified atom stereocenters. The summed E-state index contributed by atoms with van der Waals surface area (Å²) in [6.45, 7) is -0.355. The first-order valence-corrected chi connectivity index (χ1v) is 11.2. The van der Waals surface area contributed by atoms with Crippen LogP contribution in [-0.4, -0.2) is 35.6 Å². The van der Waals surface area contributed by atoms with Gasteiger partial charge in [-0.15, -0.1) is 0 Å². The molecule has 0 bridgehead atoms. The lowest BCUT2D eigenvalue weighted by Crippen LogP contribution is -2.20. The molecule has 0 N–H and O–H groups in total. The van der Waals surface area contributed by atoms with Gasteiger partial charge in [-0.2, -0.15) is 22.9 Å². The average Bonchev–Trinajstić information content (AvgIpc) is 2.87. The number of ether oxygens (including phenoxy) is 2. The summed E-state index contributed by atoms with van der Waals surface area (Å²) in [5.41, 5.74) is -0.699. The SMILES string of the molecule is COC(=O)COc1ccc(Br)cc1C=Nn1c(-c2cccc(C(F)(F)F)c2)nc2ccccc2c1=O. The number of hydrogen-bond donors (Lipinski definition) is 0. The zero-order valence-corrected chi connectivity index (χ0v) is 20.2. The molecule has 3 aromatic carbocycles. The fourth-order valence-corrected chi connectivity index (χ4v) is 3.70. The van der Waals surface area contributed by atoms with Gasteiger partial charge in [0.15, 0.2) is 12.4 Å². The summed E-state index contributed by atoms with van der Waals surface area (Å²) in [5, 5.41) is 4.50. The molecule has 1 aromatic heterocycles. The Balaban J connectivity index is 1.87. The molecule has 1 heterocycles. The maximum absolute atomic E-state index is 13.4. The Kier molecular flexibility index (Phi) is 7.20. The third-order valence-corrected chi connectivity index (χ3v) is 5.55. The second-order valence-corrected chi connectivity index (χ2v) is 8.36. The van der Waals surface area contributed by atoms with E-state index in [1.54, 1.807) is 42.5 Å². The van der Waals surface area contributed by atoms with E-state index < -0.39 is 23.3 Å². The van der Waals surface area contributed by atoms with Gasteiger partial charge in [-0.1, -0.05) is 40.2 Å². The Morgan fingerprint density at radius 2 is 1.89 bits per heavy atom. The van der Waals surface area contributed by atoms with E-state index in [-0.39, 0.29) is 29.1 Å². The lowest BCUT2D eigenvalue weighted by atomic mass is 10.1. The van der Waals surface area contributed by atoms with Crippen LogP contribution in [0.3, 0.4) is 0 Å². The normalized spacial score (nSPS) is 11.7. The molecule has 0 atom stereocenters. The molecule has 184 valence electrons. The van der Waals surface area contributed by atoms with E-state index in [1.165, 1.54) is 25.5 Å². The van der Waals surface area contributed by atoms with Gasteiger partial charge < -0.3 is 9.47 Å². The summed E-state index contributed by atoms with van der Waals surface area (Å²) in [7, 11) is 1.23. The van der Waals surface area contributed by atoms with Crippen molar-refractivity contribution in [1.29, 1.82) is 0 Å². The highest BCUT2D eigenvalue weighted by Crippen LogP contribution is 2.32. The minimum absolute atomic E-state index is 0.0567. The predicted molar refractivity (Wildman–Crippen MR) is 131 cm³/mol. The quantitative estimate of drug-likeness (QED) is 0.237. The fraction of sp³-hybridized carbons (Fsp3) is 0.120. The summed E-state index contributed by atoms with van der Waals surface area (Å²) < 4.78 is 51.7. The number of nitrogens with zero attached hydrogens (tertiary/aromatic N) is 3. The molecule has 7 nitrogen and oxygen atoms in total. The van der Waals surface area contributed by atoms with Crippen molar-refractivity contribution in [3.8, 4) is 17.1 Å². The summed E-state index contributed by atoms with van der Waals surface area (Å²) in [6.07, 6.45) is -3.28. The number of rotatable bonds is 6. The number of fused-ring (bicyclic) bond motifs is 1. The number of benzene rings is 3. The van der Waals surface area contributed by atoms with E-state index >= 15 is 0 Å². The highest BCUT2D eigenvalue weighted by atomic mass is 79.9. The molecule has 0 saturated heterocycles. The molecule has 0 aliphatic rings. The maximum Gasteiger partial charge on any atom is 0.416 e. The molecular weight excluding hydrogens is 543 g/mol. The average molecular weight is 560 g/mol. The number of carbonyl (C=O) groups is 1. The first-order valence-electron chi connectivity index (χ1n) is 10.4. The largest absolute Gasteiger partial charge is 0.481 e. The van der Waals surface area contributed by atoms with Crippen molar-refractivity contribution in [1.82, 2.24) is 9.66 Å². The zero-order valence-electron chi connectivity index (χ0n) is 18.6. The predicted octanol–water partition coefficient (Wildman–Crippen LogP) is 5.28. The minimum atomic E-state index is -4.58. The van der Waals surface area contributed by atoms with Crippen molar-refractivity contribution in [3.63, 3.8) is 0 Å². The summed E-state index contributed by atoms with van der Waals surface area (Å²) in [6, 6.07) is 15.9. The van der Waals surface area contributed by atoms with Gasteiger partial charge in [0.05, 0.1) is 29.8 Å². The van der Waals surface area contributed by atoms with E-state index in [2.05, 4.69) is 30.8 Å². The van der Waals surface area contributed by atoms with Crippen molar-refractivity contribution in [3.05, 3.63) is 92.7 Å². The van der Waals surface area contributed by atoms with E-state index in [0.717, 1.165) is 16.8 Å². The van der Waals surface area contributed by atoms with Crippen molar-refractivity contribution in [2.75, 3.05) is 13.7 Å². The Bertz CT molecular complexity index is 1530.